The van der Waals surface area contributed by atoms with Gasteiger partial charge in [0.05, 0.1) is 6.54 Å². The second-order valence-electron chi connectivity index (χ2n) is 3.30. The summed E-state index contributed by atoms with van der Waals surface area (Å²) in [5.74, 6) is 0.997. The van der Waals surface area contributed by atoms with Crippen molar-refractivity contribution in [2.24, 2.45) is 5.73 Å². The van der Waals surface area contributed by atoms with Gasteiger partial charge in [-0.15, -0.1) is 0 Å². The van der Waals surface area contributed by atoms with Gasteiger partial charge in [-0.25, -0.2) is 4.98 Å². The molecule has 3 heteroatoms. The second kappa shape index (κ2) is 5.75. The third kappa shape index (κ3) is 3.19. The maximum Gasteiger partial charge on any atom is 0.122 e. The van der Waals surface area contributed by atoms with Crippen LogP contribution in [-0.2, 0) is 13.1 Å². The van der Waals surface area contributed by atoms with E-state index in [1.165, 1.54) is 25.7 Å². The van der Waals surface area contributed by atoms with E-state index in [0.29, 0.717) is 6.54 Å². The molecule has 2 N–H and O–H groups in total. The molecule has 0 amide bonds. The van der Waals surface area contributed by atoms with E-state index in [4.69, 9.17) is 5.73 Å². The lowest BCUT2D eigenvalue weighted by Gasteiger charge is -2.05. The number of hydrogen-bond donors (Lipinski definition) is 1. The largest absolute Gasteiger partial charge is 0.334 e. The first-order chi connectivity index (χ1) is 6.38. The third-order valence-electron chi connectivity index (χ3n) is 2.24. The molecule has 0 saturated heterocycles. The number of imidazole rings is 1. The van der Waals surface area contributed by atoms with Gasteiger partial charge in [-0.05, 0) is 6.42 Å². The Kier molecular flexibility index (Phi) is 4.54. The van der Waals surface area contributed by atoms with Crippen LogP contribution in [0.4, 0.5) is 0 Å². The van der Waals surface area contributed by atoms with Crippen LogP contribution in [0.5, 0.6) is 0 Å². The molecule has 74 valence electrons. The molecule has 1 rings (SSSR count). The lowest BCUT2D eigenvalue weighted by molar-refractivity contribution is 0.565. The fraction of sp³-hybridized carbons (Fsp3) is 0.700. The minimum atomic E-state index is 0.542. The summed E-state index contributed by atoms with van der Waals surface area (Å²) >= 11 is 0. The Bertz CT molecular complexity index is 230. The molecule has 0 aliphatic carbocycles. The van der Waals surface area contributed by atoms with Gasteiger partial charge in [-0.2, -0.15) is 0 Å². The highest BCUT2D eigenvalue weighted by Crippen LogP contribution is 2.03. The van der Waals surface area contributed by atoms with Crippen molar-refractivity contribution < 1.29 is 0 Å². The van der Waals surface area contributed by atoms with Crippen molar-refractivity contribution in [3.05, 3.63) is 18.2 Å². The van der Waals surface area contributed by atoms with E-state index in [2.05, 4.69) is 16.5 Å². The summed E-state index contributed by atoms with van der Waals surface area (Å²) < 4.78 is 2.15. The molecule has 0 aliphatic heterocycles. The summed E-state index contributed by atoms with van der Waals surface area (Å²) in [6, 6.07) is 0. The monoisotopic (exact) mass is 181 g/mol. The van der Waals surface area contributed by atoms with Crippen LogP contribution in [0.1, 0.15) is 38.4 Å². The van der Waals surface area contributed by atoms with Crippen molar-refractivity contribution in [1.82, 2.24) is 9.55 Å². The Morgan fingerprint density at radius 3 is 2.92 bits per heavy atom. The zero-order valence-electron chi connectivity index (χ0n) is 8.37. The number of unbranched alkanes of at least 4 members (excludes halogenated alkanes) is 3. The summed E-state index contributed by atoms with van der Waals surface area (Å²) in [4.78, 5) is 4.17. The summed E-state index contributed by atoms with van der Waals surface area (Å²) in [5.41, 5.74) is 5.54. The van der Waals surface area contributed by atoms with E-state index in [-0.39, 0.29) is 0 Å². The first kappa shape index (κ1) is 10.3. The third-order valence-corrected chi connectivity index (χ3v) is 2.24. The molecule has 0 saturated carbocycles. The molecule has 0 fully saturated rings. The average Bonchev–Trinajstić information content (AvgIpc) is 2.60. The average molecular weight is 181 g/mol. The second-order valence-corrected chi connectivity index (χ2v) is 3.30. The molecule has 0 unspecified atom stereocenters. The minimum absolute atomic E-state index is 0.542. The van der Waals surface area contributed by atoms with Gasteiger partial charge in [0.15, 0.2) is 0 Å². The summed E-state index contributed by atoms with van der Waals surface area (Å²) in [6.07, 6.45) is 8.98. The van der Waals surface area contributed by atoms with Crippen molar-refractivity contribution in [2.45, 2.75) is 45.7 Å². The molecule has 0 atom stereocenters. The van der Waals surface area contributed by atoms with E-state index in [0.717, 1.165) is 12.4 Å². The standard InChI is InChI=1S/C10H19N3/c1-2-3-4-5-7-13-8-6-12-10(13)9-11/h6,8H,2-5,7,9,11H2,1H3. The fourth-order valence-corrected chi connectivity index (χ4v) is 1.44. The lowest BCUT2D eigenvalue weighted by atomic mass is 10.2. The van der Waals surface area contributed by atoms with Crippen molar-refractivity contribution in [3.63, 3.8) is 0 Å². The SMILES string of the molecule is CCCCCCn1ccnc1CN. The van der Waals surface area contributed by atoms with E-state index >= 15 is 0 Å². The number of aromatic nitrogens is 2. The van der Waals surface area contributed by atoms with Crippen LogP contribution in [-0.4, -0.2) is 9.55 Å². The fourth-order valence-electron chi connectivity index (χ4n) is 1.44. The lowest BCUT2D eigenvalue weighted by Crippen LogP contribution is -2.07. The first-order valence-corrected chi connectivity index (χ1v) is 5.08. The smallest absolute Gasteiger partial charge is 0.122 e. The number of aryl methyl sites for hydroxylation is 1. The Morgan fingerprint density at radius 2 is 2.23 bits per heavy atom. The summed E-state index contributed by atoms with van der Waals surface area (Å²) in [7, 11) is 0. The molecule has 0 aliphatic rings. The van der Waals surface area contributed by atoms with Gasteiger partial charge in [-0.1, -0.05) is 26.2 Å². The van der Waals surface area contributed by atoms with Crippen molar-refractivity contribution in [2.75, 3.05) is 0 Å². The van der Waals surface area contributed by atoms with Gasteiger partial charge >= 0.3 is 0 Å². The molecular weight excluding hydrogens is 162 g/mol. The molecule has 0 aromatic carbocycles. The molecule has 0 spiro atoms. The molecule has 3 nitrogen and oxygen atoms in total. The van der Waals surface area contributed by atoms with Crippen LogP contribution in [0, 0.1) is 0 Å². The Hall–Kier alpha value is -0.830. The van der Waals surface area contributed by atoms with E-state index in [9.17, 15) is 0 Å². The summed E-state index contributed by atoms with van der Waals surface area (Å²) in [6.45, 7) is 3.83. The highest BCUT2D eigenvalue weighted by Gasteiger charge is 1.98. The molecular formula is C10H19N3. The first-order valence-electron chi connectivity index (χ1n) is 5.08. The molecule has 1 aromatic rings. The zero-order valence-corrected chi connectivity index (χ0v) is 8.37. The predicted octanol–water partition coefficient (Wildman–Crippen LogP) is 1.92. The van der Waals surface area contributed by atoms with Gasteiger partial charge in [0.2, 0.25) is 0 Å². The number of nitrogens with two attached hydrogens (primary N) is 1. The van der Waals surface area contributed by atoms with Crippen molar-refractivity contribution in [1.29, 1.82) is 0 Å². The molecule has 13 heavy (non-hydrogen) atoms. The maximum absolute atomic E-state index is 5.54. The molecule has 0 radical (unpaired) electrons. The van der Waals surface area contributed by atoms with Gasteiger partial charge in [0.25, 0.3) is 0 Å². The van der Waals surface area contributed by atoms with E-state index in [1.54, 1.807) is 0 Å². The topological polar surface area (TPSA) is 43.8 Å². The van der Waals surface area contributed by atoms with Crippen molar-refractivity contribution in [3.8, 4) is 0 Å². The van der Waals surface area contributed by atoms with Gasteiger partial charge < -0.3 is 10.3 Å². The van der Waals surface area contributed by atoms with Crippen LogP contribution in [0.25, 0.3) is 0 Å². The van der Waals surface area contributed by atoms with Crippen LogP contribution < -0.4 is 5.73 Å². The maximum atomic E-state index is 5.54. The predicted molar refractivity (Wildman–Crippen MR) is 54.3 cm³/mol. The molecule has 0 bridgehead atoms. The Labute approximate surface area is 80.0 Å². The highest BCUT2D eigenvalue weighted by atomic mass is 15.1. The Morgan fingerprint density at radius 1 is 1.38 bits per heavy atom. The van der Waals surface area contributed by atoms with Crippen LogP contribution >= 0.6 is 0 Å². The van der Waals surface area contributed by atoms with Crippen LogP contribution in [0.2, 0.25) is 0 Å². The number of rotatable bonds is 6. The Balaban J connectivity index is 2.27. The normalized spacial score (nSPS) is 10.6. The van der Waals surface area contributed by atoms with Gasteiger partial charge in [0, 0.05) is 18.9 Å². The van der Waals surface area contributed by atoms with E-state index < -0.39 is 0 Å². The van der Waals surface area contributed by atoms with Crippen LogP contribution in [0.15, 0.2) is 12.4 Å². The van der Waals surface area contributed by atoms with Gasteiger partial charge in [0.1, 0.15) is 5.82 Å². The van der Waals surface area contributed by atoms with Crippen LogP contribution in [0.3, 0.4) is 0 Å². The van der Waals surface area contributed by atoms with Gasteiger partial charge in [-0.3, -0.25) is 0 Å². The van der Waals surface area contributed by atoms with E-state index in [1.807, 2.05) is 12.4 Å². The number of hydrogen-bond acceptors (Lipinski definition) is 2. The van der Waals surface area contributed by atoms with Crippen molar-refractivity contribution >= 4 is 0 Å². The minimum Gasteiger partial charge on any atom is -0.334 e. The molecule has 1 heterocycles. The quantitative estimate of drug-likeness (QED) is 0.681. The molecule has 1 aromatic heterocycles. The highest BCUT2D eigenvalue weighted by molar-refractivity contribution is 4.90. The number of nitrogens with zero attached hydrogens (tertiary/aromatic N) is 2. The zero-order chi connectivity index (χ0) is 9.52. The summed E-state index contributed by atoms with van der Waals surface area (Å²) in [5, 5.41) is 0.